The predicted molar refractivity (Wildman–Crippen MR) is 104 cm³/mol. The second-order valence-electron chi connectivity index (χ2n) is 6.55. The van der Waals surface area contributed by atoms with Crippen LogP contribution in [-0.2, 0) is 0 Å². The maximum absolute atomic E-state index is 12.7. The van der Waals surface area contributed by atoms with Gasteiger partial charge in [-0.2, -0.15) is 10.2 Å². The molecule has 0 atom stereocenters. The van der Waals surface area contributed by atoms with E-state index < -0.39 is 5.91 Å². The molecule has 4 rings (SSSR count). The molecule has 0 bridgehead atoms. The third-order valence-electron chi connectivity index (χ3n) is 4.31. The van der Waals surface area contributed by atoms with Gasteiger partial charge in [0.25, 0.3) is 11.5 Å². The first-order valence-corrected chi connectivity index (χ1v) is 8.79. The molecule has 0 aliphatic carbocycles. The molecule has 28 heavy (non-hydrogen) atoms. The fraction of sp³-hybridized carbons (Fsp3) is 0.200. The summed E-state index contributed by atoms with van der Waals surface area (Å²) in [7, 11) is 0. The Morgan fingerprint density at radius 3 is 2.71 bits per heavy atom. The third kappa shape index (κ3) is 3.20. The van der Waals surface area contributed by atoms with Crippen molar-refractivity contribution in [2.45, 2.75) is 19.9 Å². The number of benzene rings is 2. The minimum absolute atomic E-state index is 0.145. The second-order valence-corrected chi connectivity index (χ2v) is 6.55. The fourth-order valence-electron chi connectivity index (χ4n) is 2.94. The highest BCUT2D eigenvalue weighted by atomic mass is 16.7. The number of carbonyl (C=O) groups excluding carboxylic acids is 1. The molecule has 0 radical (unpaired) electrons. The van der Waals surface area contributed by atoms with Crippen LogP contribution in [0, 0.1) is 0 Å². The number of ether oxygens (including phenoxy) is 2. The summed E-state index contributed by atoms with van der Waals surface area (Å²) < 4.78 is 11.9. The van der Waals surface area contributed by atoms with Gasteiger partial charge in [-0.1, -0.05) is 18.2 Å². The van der Waals surface area contributed by atoms with Crippen LogP contribution in [0.2, 0.25) is 0 Å². The van der Waals surface area contributed by atoms with Gasteiger partial charge in [-0.15, -0.1) is 0 Å². The highest BCUT2D eigenvalue weighted by Crippen LogP contribution is 2.31. The Hall–Kier alpha value is -3.68. The second kappa shape index (κ2) is 7.15. The summed E-state index contributed by atoms with van der Waals surface area (Å²) in [6, 6.07) is 12.1. The molecule has 0 fully saturated rings. The Balaban J connectivity index is 1.62. The Labute approximate surface area is 160 Å². The number of carbonyl (C=O) groups is 1. The first kappa shape index (κ1) is 17.7. The highest BCUT2D eigenvalue weighted by Gasteiger charge is 2.17. The van der Waals surface area contributed by atoms with E-state index in [1.54, 1.807) is 42.5 Å². The van der Waals surface area contributed by atoms with Gasteiger partial charge >= 0.3 is 0 Å². The molecule has 2 heterocycles. The van der Waals surface area contributed by atoms with Crippen LogP contribution in [0.4, 0.5) is 0 Å². The smallest absolute Gasteiger partial charge is 0.292 e. The van der Waals surface area contributed by atoms with Gasteiger partial charge in [0.15, 0.2) is 17.2 Å². The zero-order chi connectivity index (χ0) is 19.7. The molecule has 1 N–H and O–H groups in total. The third-order valence-corrected chi connectivity index (χ3v) is 4.31. The van der Waals surface area contributed by atoms with Gasteiger partial charge in [0.1, 0.15) is 0 Å². The van der Waals surface area contributed by atoms with Crippen LogP contribution in [0.15, 0.2) is 52.4 Å². The van der Waals surface area contributed by atoms with E-state index in [0.717, 1.165) is 5.56 Å². The van der Waals surface area contributed by atoms with E-state index in [0.29, 0.717) is 22.3 Å². The van der Waals surface area contributed by atoms with Crippen molar-refractivity contribution >= 4 is 22.9 Å². The lowest BCUT2D eigenvalue weighted by Crippen LogP contribution is -2.30. The molecule has 1 aliphatic heterocycles. The number of hydrogen-bond donors (Lipinski definition) is 1. The van der Waals surface area contributed by atoms with Gasteiger partial charge in [0, 0.05) is 5.39 Å². The fourth-order valence-corrected chi connectivity index (χ4v) is 2.94. The zero-order valence-corrected chi connectivity index (χ0v) is 15.4. The first-order valence-electron chi connectivity index (χ1n) is 8.79. The van der Waals surface area contributed by atoms with Gasteiger partial charge in [0.05, 0.1) is 17.6 Å². The van der Waals surface area contributed by atoms with E-state index in [4.69, 9.17) is 9.47 Å². The van der Waals surface area contributed by atoms with E-state index in [1.165, 1.54) is 10.9 Å². The Morgan fingerprint density at radius 1 is 1.18 bits per heavy atom. The molecule has 0 saturated carbocycles. The molecule has 0 saturated heterocycles. The van der Waals surface area contributed by atoms with Crippen molar-refractivity contribution in [3.05, 3.63) is 64.1 Å². The van der Waals surface area contributed by atoms with Gasteiger partial charge in [-0.05, 0) is 43.7 Å². The summed E-state index contributed by atoms with van der Waals surface area (Å²) >= 11 is 0. The summed E-state index contributed by atoms with van der Waals surface area (Å²) in [4.78, 5) is 25.2. The van der Waals surface area contributed by atoms with Crippen LogP contribution < -0.4 is 20.5 Å². The number of nitrogens with one attached hydrogen (secondary N) is 1. The number of aromatic nitrogens is 2. The van der Waals surface area contributed by atoms with Crippen LogP contribution in [0.5, 0.6) is 11.5 Å². The maximum Gasteiger partial charge on any atom is 0.292 e. The highest BCUT2D eigenvalue weighted by molar-refractivity contribution is 6.05. The van der Waals surface area contributed by atoms with E-state index in [1.807, 2.05) is 13.8 Å². The van der Waals surface area contributed by atoms with Crippen LogP contribution in [-0.4, -0.2) is 28.7 Å². The topological polar surface area (TPSA) is 94.8 Å². The van der Waals surface area contributed by atoms with Gasteiger partial charge in [-0.3, -0.25) is 9.59 Å². The minimum atomic E-state index is -0.498. The monoisotopic (exact) mass is 378 g/mol. The molecular weight excluding hydrogens is 360 g/mol. The lowest BCUT2D eigenvalue weighted by atomic mass is 10.1. The molecule has 0 spiro atoms. The summed E-state index contributed by atoms with van der Waals surface area (Å²) in [5, 5.41) is 9.18. The molecule has 3 aromatic rings. The Kier molecular flexibility index (Phi) is 4.52. The van der Waals surface area contributed by atoms with Crippen molar-refractivity contribution in [3.8, 4) is 11.5 Å². The number of amides is 1. The van der Waals surface area contributed by atoms with Crippen molar-refractivity contribution in [2.24, 2.45) is 5.10 Å². The van der Waals surface area contributed by atoms with E-state index in [2.05, 4.69) is 15.6 Å². The summed E-state index contributed by atoms with van der Waals surface area (Å²) in [5.41, 5.74) is 3.13. The van der Waals surface area contributed by atoms with Crippen LogP contribution in [0.25, 0.3) is 10.8 Å². The average molecular weight is 378 g/mol. The van der Waals surface area contributed by atoms with Gasteiger partial charge in [-0.25, -0.2) is 10.1 Å². The van der Waals surface area contributed by atoms with Crippen LogP contribution in [0.3, 0.4) is 0 Å². The molecular formula is C20H18N4O4. The molecule has 1 amide bonds. The standard InChI is InChI=1S/C20H18N4O4/c1-12(2)24-20(26)15-6-4-3-5-14(15)18(23-24)19(25)22-21-10-13-7-8-16-17(9-13)28-11-27-16/h3-10,12H,11H2,1-2H3,(H,22,25). The summed E-state index contributed by atoms with van der Waals surface area (Å²) in [5.74, 6) is 0.808. The minimum Gasteiger partial charge on any atom is -0.454 e. The number of hydrazone groups is 1. The van der Waals surface area contributed by atoms with Crippen molar-refractivity contribution in [1.29, 1.82) is 0 Å². The van der Waals surface area contributed by atoms with Crippen LogP contribution in [0.1, 0.15) is 35.9 Å². The van der Waals surface area contributed by atoms with E-state index >= 15 is 0 Å². The van der Waals surface area contributed by atoms with E-state index in [-0.39, 0.29) is 24.1 Å². The molecule has 8 heteroatoms. The number of hydrogen-bond acceptors (Lipinski definition) is 6. The van der Waals surface area contributed by atoms with Gasteiger partial charge in [0.2, 0.25) is 6.79 Å². The molecule has 1 aromatic heterocycles. The largest absolute Gasteiger partial charge is 0.454 e. The predicted octanol–water partition coefficient (Wildman–Crippen LogP) is 2.47. The lowest BCUT2D eigenvalue weighted by Gasteiger charge is -2.12. The van der Waals surface area contributed by atoms with Crippen molar-refractivity contribution in [1.82, 2.24) is 15.2 Å². The molecule has 2 aromatic carbocycles. The van der Waals surface area contributed by atoms with Crippen molar-refractivity contribution in [3.63, 3.8) is 0 Å². The number of rotatable bonds is 4. The summed E-state index contributed by atoms with van der Waals surface area (Å²) in [6.45, 7) is 3.86. The Morgan fingerprint density at radius 2 is 1.93 bits per heavy atom. The lowest BCUT2D eigenvalue weighted by molar-refractivity contribution is 0.0949. The quantitative estimate of drug-likeness (QED) is 0.556. The number of fused-ring (bicyclic) bond motifs is 2. The van der Waals surface area contributed by atoms with Crippen LogP contribution >= 0.6 is 0 Å². The molecule has 0 unspecified atom stereocenters. The molecule has 1 aliphatic rings. The van der Waals surface area contributed by atoms with Crippen molar-refractivity contribution < 1.29 is 14.3 Å². The van der Waals surface area contributed by atoms with Crippen molar-refractivity contribution in [2.75, 3.05) is 6.79 Å². The van der Waals surface area contributed by atoms with Gasteiger partial charge < -0.3 is 9.47 Å². The number of nitrogens with zero attached hydrogens (tertiary/aromatic N) is 3. The molecule has 142 valence electrons. The Bertz CT molecular complexity index is 1150. The summed E-state index contributed by atoms with van der Waals surface area (Å²) in [6.07, 6.45) is 1.50. The zero-order valence-electron chi connectivity index (χ0n) is 15.4. The SMILES string of the molecule is CC(C)n1nc(C(=O)NN=Cc2ccc3c(c2)OCO3)c2ccccc2c1=O. The molecule has 8 nitrogen and oxygen atoms in total. The van der Waals surface area contributed by atoms with E-state index in [9.17, 15) is 9.59 Å². The normalized spacial score (nSPS) is 12.8. The first-order chi connectivity index (χ1) is 13.5. The average Bonchev–Trinajstić information content (AvgIpc) is 3.16. The maximum atomic E-state index is 12.7.